The van der Waals surface area contributed by atoms with E-state index < -0.39 is 17.0 Å². The molecule has 32 heavy (non-hydrogen) atoms. The zero-order chi connectivity index (χ0) is 23.6. The van der Waals surface area contributed by atoms with Crippen molar-refractivity contribution in [1.82, 2.24) is 0 Å². The Morgan fingerprint density at radius 3 is 2.59 bits per heavy atom. The van der Waals surface area contributed by atoms with E-state index in [1.165, 1.54) is 0 Å². The van der Waals surface area contributed by atoms with E-state index >= 15 is 0 Å². The average molecular weight is 487 g/mol. The number of alkyl halides is 4. The average Bonchev–Trinajstić information content (AvgIpc) is 3.14. The van der Waals surface area contributed by atoms with Gasteiger partial charge in [-0.25, -0.2) is 0 Å². The molecule has 3 atom stereocenters. The lowest BCUT2D eigenvalue weighted by Crippen LogP contribution is -2.18. The number of halogens is 4. The fourth-order valence-electron chi connectivity index (χ4n) is 4.03. The largest absolute Gasteiger partial charge is 0.489 e. The molecule has 1 aliphatic rings. The first-order valence-electron chi connectivity index (χ1n) is 10.4. The van der Waals surface area contributed by atoms with Gasteiger partial charge in [-0.3, -0.25) is 4.79 Å². The minimum absolute atomic E-state index is 0.0180. The fourth-order valence-corrected chi connectivity index (χ4v) is 5.24. The van der Waals surface area contributed by atoms with E-state index in [-0.39, 0.29) is 35.8 Å². The summed E-state index contributed by atoms with van der Waals surface area (Å²) in [6, 6.07) is 3.49. The highest BCUT2D eigenvalue weighted by atomic mass is 35.5. The third kappa shape index (κ3) is 5.49. The number of carboxylic acids is 1. The first-order valence-corrected chi connectivity index (χ1v) is 11.7. The summed E-state index contributed by atoms with van der Waals surface area (Å²) >= 11 is 6.95. The maximum atomic E-state index is 13.7. The molecule has 0 amide bonds. The summed E-state index contributed by atoms with van der Waals surface area (Å²) in [5, 5.41) is 10.4. The molecule has 0 spiro atoms. The van der Waals surface area contributed by atoms with Gasteiger partial charge in [0.15, 0.2) is 0 Å². The normalized spacial score (nSPS) is 21.0. The van der Waals surface area contributed by atoms with Gasteiger partial charge in [0.1, 0.15) is 17.2 Å². The second-order valence-corrected chi connectivity index (χ2v) is 9.68. The van der Waals surface area contributed by atoms with Gasteiger partial charge in [0.25, 0.3) is 0 Å². The van der Waals surface area contributed by atoms with Crippen LogP contribution in [-0.2, 0) is 24.0 Å². The number of benzene rings is 1. The van der Waals surface area contributed by atoms with Crippen LogP contribution in [0.4, 0.5) is 13.2 Å². The Labute approximate surface area is 194 Å². The summed E-state index contributed by atoms with van der Waals surface area (Å²) < 4.78 is 47.0. The Morgan fingerprint density at radius 2 is 1.97 bits per heavy atom. The van der Waals surface area contributed by atoms with E-state index in [9.17, 15) is 18.0 Å². The van der Waals surface area contributed by atoms with E-state index in [4.69, 9.17) is 21.4 Å². The predicted octanol–water partition coefficient (Wildman–Crippen LogP) is 7.27. The number of aryl methyl sites for hydroxylation is 1. The van der Waals surface area contributed by atoms with E-state index in [0.717, 1.165) is 16.7 Å². The fraction of sp³-hybridized carbons (Fsp3) is 0.458. The van der Waals surface area contributed by atoms with Gasteiger partial charge < -0.3 is 9.84 Å². The van der Waals surface area contributed by atoms with Crippen molar-refractivity contribution < 1.29 is 27.8 Å². The van der Waals surface area contributed by atoms with Gasteiger partial charge >= 0.3 is 12.1 Å². The maximum Gasteiger partial charge on any atom is 0.426 e. The molecule has 0 radical (unpaired) electrons. The van der Waals surface area contributed by atoms with E-state index in [1.807, 2.05) is 32.9 Å². The highest BCUT2D eigenvalue weighted by Gasteiger charge is 2.38. The molecule has 2 aromatic rings. The third-order valence-corrected chi connectivity index (χ3v) is 7.77. The molecule has 3 nitrogen and oxygen atoms in total. The second kappa shape index (κ2) is 9.87. The van der Waals surface area contributed by atoms with Gasteiger partial charge in [-0.1, -0.05) is 25.1 Å². The van der Waals surface area contributed by atoms with Crippen molar-refractivity contribution in [3.8, 4) is 5.75 Å². The minimum atomic E-state index is -4.45. The van der Waals surface area contributed by atoms with Crippen LogP contribution < -0.4 is 4.74 Å². The van der Waals surface area contributed by atoms with Crippen LogP contribution in [0, 0.1) is 19.8 Å². The lowest BCUT2D eigenvalue weighted by molar-refractivity contribution is -0.137. The number of carboxylic acid groups (broad SMARTS) is 1. The maximum absolute atomic E-state index is 13.7. The highest BCUT2D eigenvalue weighted by molar-refractivity contribution is 7.10. The summed E-state index contributed by atoms with van der Waals surface area (Å²) in [6.07, 6.45) is 0.400. The topological polar surface area (TPSA) is 46.5 Å². The Balaban J connectivity index is 1.87. The van der Waals surface area contributed by atoms with Crippen LogP contribution >= 0.6 is 22.9 Å². The lowest BCUT2D eigenvalue weighted by atomic mass is 9.82. The SMILES string of the molecule is Cc1c(CCC(=O)O)ccc(OCc2c(C3C=CC(Cl)C(C)C3)csc2C(F)(F)F)c1C. The van der Waals surface area contributed by atoms with Crippen molar-refractivity contribution >= 4 is 28.9 Å². The molecule has 1 heterocycles. The van der Waals surface area contributed by atoms with Crippen LogP contribution in [0.3, 0.4) is 0 Å². The van der Waals surface area contributed by atoms with E-state index in [0.29, 0.717) is 35.5 Å². The van der Waals surface area contributed by atoms with Crippen LogP contribution in [0.5, 0.6) is 5.75 Å². The monoisotopic (exact) mass is 486 g/mol. The van der Waals surface area contributed by atoms with Gasteiger partial charge in [0.05, 0.1) is 5.38 Å². The van der Waals surface area contributed by atoms with Crippen molar-refractivity contribution in [3.63, 3.8) is 0 Å². The number of ether oxygens (including phenoxy) is 1. The highest BCUT2D eigenvalue weighted by Crippen LogP contribution is 2.44. The van der Waals surface area contributed by atoms with E-state index in [1.54, 1.807) is 17.5 Å². The number of rotatable bonds is 7. The first-order chi connectivity index (χ1) is 15.0. The molecule has 0 saturated heterocycles. The molecule has 8 heteroatoms. The zero-order valence-corrected chi connectivity index (χ0v) is 19.7. The van der Waals surface area contributed by atoms with Gasteiger partial charge in [-0.15, -0.1) is 22.9 Å². The number of aliphatic carboxylic acids is 1. The Hall–Kier alpha value is -1.99. The third-order valence-electron chi connectivity index (χ3n) is 6.11. The van der Waals surface area contributed by atoms with Crippen molar-refractivity contribution in [2.45, 2.75) is 64.1 Å². The smallest absolute Gasteiger partial charge is 0.426 e. The number of hydrogen-bond acceptors (Lipinski definition) is 3. The molecule has 1 aromatic carbocycles. The van der Waals surface area contributed by atoms with Crippen molar-refractivity contribution in [3.05, 3.63) is 62.4 Å². The minimum Gasteiger partial charge on any atom is -0.489 e. The molecule has 1 aliphatic carbocycles. The van der Waals surface area contributed by atoms with Crippen molar-refractivity contribution in [2.75, 3.05) is 0 Å². The lowest BCUT2D eigenvalue weighted by Gasteiger charge is -2.26. The second-order valence-electron chi connectivity index (χ2n) is 8.30. The molecular weight excluding hydrogens is 461 g/mol. The number of carbonyl (C=O) groups is 1. The van der Waals surface area contributed by atoms with Crippen molar-refractivity contribution in [2.24, 2.45) is 5.92 Å². The standard InChI is InChI=1S/C24H26ClF3O3S/c1-13-10-17(4-7-20(13)25)19-12-32-23(24(26,27)28)18(19)11-31-21-8-5-16(6-9-22(29)30)14(2)15(21)3/h4-5,7-8,12-13,17,20H,6,9-11H2,1-3H3,(H,29,30). The van der Waals surface area contributed by atoms with Gasteiger partial charge in [-0.05, 0) is 66.3 Å². The molecule has 1 N–H and O–H groups in total. The molecule has 0 aliphatic heterocycles. The molecule has 3 rings (SSSR count). The zero-order valence-electron chi connectivity index (χ0n) is 18.1. The Morgan fingerprint density at radius 1 is 1.25 bits per heavy atom. The number of hydrogen-bond donors (Lipinski definition) is 1. The molecule has 0 bridgehead atoms. The summed E-state index contributed by atoms with van der Waals surface area (Å²) in [7, 11) is 0. The van der Waals surface area contributed by atoms with Gasteiger partial charge in [-0.2, -0.15) is 13.2 Å². The number of thiophene rings is 1. The first kappa shape index (κ1) is 24.6. The predicted molar refractivity (Wildman–Crippen MR) is 121 cm³/mol. The Kier molecular flexibility index (Phi) is 7.61. The Bertz CT molecular complexity index is 1010. The van der Waals surface area contributed by atoms with E-state index in [2.05, 4.69) is 0 Å². The van der Waals surface area contributed by atoms with Gasteiger partial charge in [0, 0.05) is 17.9 Å². The van der Waals surface area contributed by atoms with Crippen LogP contribution in [0.15, 0.2) is 29.7 Å². The van der Waals surface area contributed by atoms with Crippen LogP contribution in [-0.4, -0.2) is 16.5 Å². The van der Waals surface area contributed by atoms with Crippen LogP contribution in [0.25, 0.3) is 0 Å². The van der Waals surface area contributed by atoms with Crippen LogP contribution in [0.2, 0.25) is 0 Å². The summed E-state index contributed by atoms with van der Waals surface area (Å²) in [6.45, 7) is 5.51. The quantitative estimate of drug-likeness (QED) is 0.330. The molecule has 3 unspecified atom stereocenters. The molecule has 0 saturated carbocycles. The van der Waals surface area contributed by atoms with Crippen molar-refractivity contribution in [1.29, 1.82) is 0 Å². The summed E-state index contributed by atoms with van der Waals surface area (Å²) in [5.41, 5.74) is 3.39. The molecular formula is C24H26ClF3O3S. The molecule has 0 fully saturated rings. The summed E-state index contributed by atoms with van der Waals surface area (Å²) in [5.74, 6) is -0.344. The van der Waals surface area contributed by atoms with Crippen LogP contribution in [0.1, 0.15) is 58.4 Å². The number of allylic oxidation sites excluding steroid dienone is 2. The molecule has 174 valence electrons. The molecule has 1 aromatic heterocycles. The van der Waals surface area contributed by atoms with Gasteiger partial charge in [0.2, 0.25) is 0 Å². The summed E-state index contributed by atoms with van der Waals surface area (Å²) in [4.78, 5) is 10.2.